The number of hydrogen-bond donors (Lipinski definition) is 0. The molecule has 0 saturated carbocycles. The molecule has 0 amide bonds. The first-order valence-electron chi connectivity index (χ1n) is 9.20. The molecule has 1 aromatic heterocycles. The van der Waals surface area contributed by atoms with Gasteiger partial charge in [-0.3, -0.25) is 4.99 Å². The average Bonchev–Trinajstić information content (AvgIpc) is 2.72. The highest BCUT2D eigenvalue weighted by Gasteiger charge is 2.07. The van der Waals surface area contributed by atoms with E-state index in [9.17, 15) is 0 Å². The highest BCUT2D eigenvalue weighted by atomic mass is 15.0. The Balaban J connectivity index is 1.68. The quantitative estimate of drug-likeness (QED) is 0.732. The topological polar surface area (TPSA) is 51.0 Å². The highest BCUT2D eigenvalue weighted by Crippen LogP contribution is 2.22. The van der Waals surface area contributed by atoms with Crippen LogP contribution >= 0.6 is 0 Å². The Morgan fingerprint density at radius 3 is 2.46 bits per heavy atom. The Morgan fingerprint density at radius 1 is 0.875 bits per heavy atom. The van der Waals surface area contributed by atoms with Crippen molar-refractivity contribution in [3.05, 3.63) is 72.5 Å². The van der Waals surface area contributed by atoms with Crippen molar-refractivity contribution in [1.82, 2.24) is 15.0 Å². The first-order chi connectivity index (χ1) is 13.1. The smallest absolute Gasteiger partial charge is 0.163 e. The Bertz CT molecular complexity index is 1060. The molecule has 4 rings (SSSR count). The van der Waals surface area contributed by atoms with Crippen LogP contribution in [0.3, 0.4) is 0 Å². The van der Waals surface area contributed by atoms with Crippen molar-refractivity contribution in [2.24, 2.45) is 4.99 Å². The van der Waals surface area contributed by atoms with E-state index in [4.69, 9.17) is 4.11 Å². The van der Waals surface area contributed by atoms with Crippen LogP contribution in [0.2, 0.25) is 0 Å². The van der Waals surface area contributed by atoms with Crippen LogP contribution in [-0.2, 0) is 0 Å². The van der Waals surface area contributed by atoms with E-state index in [0.717, 1.165) is 29.7 Å². The van der Waals surface area contributed by atoms with Crippen molar-refractivity contribution >= 4 is 11.8 Å². The zero-order valence-electron chi connectivity index (χ0n) is 15.9. The number of aromatic nitrogens is 3. The SMILES string of the molecule is [2H]c1cc([2H])c(-c2ncnc(-c3ccc(C4=CCCN=C4)cc3)n2)cc1[2H]. The molecule has 3 aromatic rings. The average molecular weight is 315 g/mol. The summed E-state index contributed by atoms with van der Waals surface area (Å²) in [4.78, 5) is 17.2. The van der Waals surface area contributed by atoms with Gasteiger partial charge >= 0.3 is 0 Å². The summed E-state index contributed by atoms with van der Waals surface area (Å²) in [7, 11) is 0. The van der Waals surface area contributed by atoms with Crippen LogP contribution in [-0.4, -0.2) is 27.7 Å². The molecule has 4 heteroatoms. The molecule has 0 aliphatic carbocycles. The molecule has 4 nitrogen and oxygen atoms in total. The third-order valence-electron chi connectivity index (χ3n) is 3.74. The summed E-state index contributed by atoms with van der Waals surface area (Å²) < 4.78 is 23.5. The van der Waals surface area contributed by atoms with Gasteiger partial charge in [-0.2, -0.15) is 0 Å². The number of rotatable bonds is 3. The van der Waals surface area contributed by atoms with Crippen molar-refractivity contribution in [3.63, 3.8) is 0 Å². The first-order valence-corrected chi connectivity index (χ1v) is 7.70. The normalized spacial score (nSPS) is 15.3. The van der Waals surface area contributed by atoms with Gasteiger partial charge in [0.25, 0.3) is 0 Å². The number of aliphatic imine (C=N–C) groups is 1. The molecule has 0 radical (unpaired) electrons. The van der Waals surface area contributed by atoms with E-state index in [1.807, 2.05) is 30.5 Å². The van der Waals surface area contributed by atoms with Crippen molar-refractivity contribution in [2.45, 2.75) is 6.42 Å². The van der Waals surface area contributed by atoms with Crippen LogP contribution in [0.25, 0.3) is 28.3 Å². The predicted molar refractivity (Wildman–Crippen MR) is 96.7 cm³/mol. The van der Waals surface area contributed by atoms with Gasteiger partial charge in [0.2, 0.25) is 0 Å². The molecule has 0 saturated heterocycles. The molecule has 0 atom stereocenters. The third kappa shape index (κ3) is 2.99. The lowest BCUT2D eigenvalue weighted by Gasteiger charge is -2.08. The standard InChI is InChI=1S/C20H16N4/c1-2-5-16(6-3-1)19-22-14-23-20(24-19)17-10-8-15(9-11-17)18-7-4-12-21-13-18/h1-3,5-11,13-14H,4,12H2/i1D,2D,6D. The minimum absolute atomic E-state index is 0.00850. The van der Waals surface area contributed by atoms with Crippen LogP contribution in [0.1, 0.15) is 16.1 Å². The zero-order valence-corrected chi connectivity index (χ0v) is 12.9. The maximum atomic E-state index is 8.04. The molecule has 0 N–H and O–H groups in total. The van der Waals surface area contributed by atoms with Gasteiger partial charge in [0.05, 0.1) is 4.11 Å². The summed E-state index contributed by atoms with van der Waals surface area (Å²) in [6.07, 6.45) is 6.42. The van der Waals surface area contributed by atoms with Crippen molar-refractivity contribution < 1.29 is 4.11 Å². The van der Waals surface area contributed by atoms with Crippen molar-refractivity contribution in [1.29, 1.82) is 0 Å². The monoisotopic (exact) mass is 315 g/mol. The molecule has 0 bridgehead atoms. The summed E-state index contributed by atoms with van der Waals surface area (Å²) >= 11 is 0. The highest BCUT2D eigenvalue weighted by molar-refractivity contribution is 6.10. The van der Waals surface area contributed by atoms with E-state index in [2.05, 4.69) is 26.0 Å². The summed E-state index contributed by atoms with van der Waals surface area (Å²) in [5.41, 5.74) is 3.46. The largest absolute Gasteiger partial charge is 0.292 e. The van der Waals surface area contributed by atoms with Crippen LogP contribution in [0.4, 0.5) is 0 Å². The van der Waals surface area contributed by atoms with E-state index in [1.54, 1.807) is 0 Å². The third-order valence-corrected chi connectivity index (χ3v) is 3.74. The summed E-state index contributed by atoms with van der Waals surface area (Å²) in [5.74, 6) is 0.823. The molecule has 1 aliphatic heterocycles. The Morgan fingerprint density at radius 2 is 1.67 bits per heavy atom. The molecule has 24 heavy (non-hydrogen) atoms. The Labute approximate surface area is 144 Å². The van der Waals surface area contributed by atoms with Gasteiger partial charge in [-0.25, -0.2) is 15.0 Å². The van der Waals surface area contributed by atoms with Gasteiger partial charge in [-0.1, -0.05) is 60.6 Å². The summed E-state index contributed by atoms with van der Waals surface area (Å²) in [6, 6.07) is 10.8. The van der Waals surface area contributed by atoms with E-state index in [1.165, 1.54) is 18.5 Å². The van der Waals surface area contributed by atoms with Crippen LogP contribution < -0.4 is 0 Å². The van der Waals surface area contributed by atoms with E-state index in [-0.39, 0.29) is 18.1 Å². The van der Waals surface area contributed by atoms with Gasteiger partial charge in [0.1, 0.15) is 6.33 Å². The van der Waals surface area contributed by atoms with Gasteiger partial charge in [0.15, 0.2) is 11.6 Å². The van der Waals surface area contributed by atoms with E-state index >= 15 is 0 Å². The number of benzene rings is 2. The van der Waals surface area contributed by atoms with Gasteiger partial charge < -0.3 is 0 Å². The summed E-state index contributed by atoms with van der Waals surface area (Å²) in [6.45, 7) is 0.842. The number of hydrogen-bond acceptors (Lipinski definition) is 4. The fraction of sp³-hybridized carbons (Fsp3) is 0.100. The predicted octanol–water partition coefficient (Wildman–Crippen LogP) is 4.06. The van der Waals surface area contributed by atoms with Gasteiger partial charge in [0, 0.05) is 23.9 Å². The number of nitrogens with zero attached hydrogens (tertiary/aromatic N) is 4. The molecule has 1 aliphatic rings. The molecular weight excluding hydrogens is 296 g/mol. The van der Waals surface area contributed by atoms with Crippen LogP contribution in [0.15, 0.2) is 71.9 Å². The second-order valence-electron chi connectivity index (χ2n) is 5.33. The number of dihydropyridines is 1. The van der Waals surface area contributed by atoms with Gasteiger partial charge in [-0.05, 0) is 17.6 Å². The Kier molecular flexibility index (Phi) is 3.11. The second kappa shape index (κ2) is 6.54. The fourth-order valence-electron chi connectivity index (χ4n) is 2.52. The summed E-state index contributed by atoms with van der Waals surface area (Å²) in [5, 5.41) is 0. The lowest BCUT2D eigenvalue weighted by atomic mass is 10.0. The Hall–Kier alpha value is -3.14. The molecule has 0 unspecified atom stereocenters. The van der Waals surface area contributed by atoms with Gasteiger partial charge in [-0.15, -0.1) is 0 Å². The van der Waals surface area contributed by atoms with Crippen LogP contribution in [0.5, 0.6) is 0 Å². The lowest BCUT2D eigenvalue weighted by molar-refractivity contribution is 1.01. The molecule has 0 spiro atoms. The molecule has 2 aromatic carbocycles. The van der Waals surface area contributed by atoms with E-state index in [0.29, 0.717) is 17.2 Å². The lowest BCUT2D eigenvalue weighted by Crippen LogP contribution is -1.96. The number of allylic oxidation sites excluding steroid dienone is 1. The molecule has 2 heterocycles. The maximum absolute atomic E-state index is 8.04. The zero-order chi connectivity index (χ0) is 18.8. The molecule has 116 valence electrons. The second-order valence-corrected chi connectivity index (χ2v) is 5.33. The minimum atomic E-state index is 0.00850. The fourth-order valence-corrected chi connectivity index (χ4v) is 2.52. The van der Waals surface area contributed by atoms with Crippen molar-refractivity contribution in [3.8, 4) is 22.8 Å². The molecular formula is C20H16N4. The molecule has 0 fully saturated rings. The van der Waals surface area contributed by atoms with E-state index < -0.39 is 0 Å². The first kappa shape index (κ1) is 11.4. The van der Waals surface area contributed by atoms with Crippen molar-refractivity contribution in [2.75, 3.05) is 6.54 Å². The van der Waals surface area contributed by atoms with Crippen LogP contribution in [0, 0.1) is 0 Å². The minimum Gasteiger partial charge on any atom is -0.292 e. The maximum Gasteiger partial charge on any atom is 0.163 e.